The van der Waals surface area contributed by atoms with Crippen LogP contribution in [0, 0.1) is 0 Å². The summed E-state index contributed by atoms with van der Waals surface area (Å²) in [5.41, 5.74) is -0.407. The molecule has 0 saturated carbocycles. The van der Waals surface area contributed by atoms with Crippen LogP contribution in [0.4, 0.5) is 24.5 Å². The number of nitrogens with zero attached hydrogens (tertiary/aromatic N) is 3. The van der Waals surface area contributed by atoms with Crippen molar-refractivity contribution >= 4 is 61.5 Å². The average Bonchev–Trinajstić information content (AvgIpc) is 3.01. The van der Waals surface area contributed by atoms with Gasteiger partial charge in [-0.1, -0.05) is 23.7 Å². The van der Waals surface area contributed by atoms with Crippen LogP contribution in [-0.4, -0.2) is 80.9 Å². The molecule has 3 atom stereocenters. The smallest absolute Gasteiger partial charge is 0.423 e. The summed E-state index contributed by atoms with van der Waals surface area (Å²) in [5.74, 6) is -5.35. The van der Waals surface area contributed by atoms with Gasteiger partial charge in [-0.25, -0.2) is 13.2 Å². The van der Waals surface area contributed by atoms with E-state index in [1.165, 1.54) is 57.3 Å². The molecular weight excluding hydrogens is 641 g/mol. The fourth-order valence-corrected chi connectivity index (χ4v) is 6.08. The number of anilines is 2. The first kappa shape index (κ1) is 33.9. The topological polar surface area (TPSA) is 137 Å². The third-order valence-corrected chi connectivity index (χ3v) is 8.40. The lowest BCUT2D eigenvalue weighted by Gasteiger charge is -2.39. The minimum Gasteiger partial charge on any atom is -0.423 e. The highest BCUT2D eigenvalue weighted by atomic mass is 35.5. The fraction of sp³-hybridized carbons (Fsp3) is 0.379. The quantitative estimate of drug-likeness (QED) is 0.361. The van der Waals surface area contributed by atoms with E-state index in [0.717, 1.165) is 22.1 Å². The Morgan fingerprint density at radius 1 is 1.11 bits per heavy atom. The second kappa shape index (κ2) is 12.8. The number of fused-ring (bicyclic) bond motifs is 2. The van der Waals surface area contributed by atoms with E-state index in [4.69, 9.17) is 16.0 Å². The van der Waals surface area contributed by atoms with Gasteiger partial charge in [-0.15, -0.1) is 0 Å². The van der Waals surface area contributed by atoms with Gasteiger partial charge in [-0.3, -0.25) is 14.4 Å². The highest BCUT2D eigenvalue weighted by molar-refractivity contribution is 7.91. The van der Waals surface area contributed by atoms with Crippen LogP contribution >= 0.6 is 11.6 Å². The van der Waals surface area contributed by atoms with Gasteiger partial charge < -0.3 is 24.4 Å². The highest BCUT2D eigenvalue weighted by Gasteiger charge is 2.51. The van der Waals surface area contributed by atoms with Gasteiger partial charge in [-0.05, 0) is 50.7 Å². The fourth-order valence-electron chi connectivity index (χ4n) is 5.33. The molecule has 2 heterocycles. The van der Waals surface area contributed by atoms with Crippen LogP contribution in [0.3, 0.4) is 0 Å². The van der Waals surface area contributed by atoms with Gasteiger partial charge in [0.25, 0.3) is 5.91 Å². The van der Waals surface area contributed by atoms with E-state index >= 15 is 0 Å². The van der Waals surface area contributed by atoms with E-state index in [-0.39, 0.29) is 27.5 Å². The molecule has 1 aliphatic rings. The maximum absolute atomic E-state index is 14.6. The van der Waals surface area contributed by atoms with Crippen molar-refractivity contribution in [2.24, 2.45) is 0 Å². The van der Waals surface area contributed by atoms with Crippen molar-refractivity contribution in [2.45, 2.75) is 44.7 Å². The van der Waals surface area contributed by atoms with E-state index < -0.39 is 76.3 Å². The molecular formula is C29H30ClF3N4O7S. The lowest BCUT2D eigenvalue weighted by Crippen LogP contribution is -2.63. The molecule has 0 spiro atoms. The van der Waals surface area contributed by atoms with Gasteiger partial charge in [0.05, 0.1) is 24.0 Å². The van der Waals surface area contributed by atoms with E-state index in [9.17, 15) is 40.8 Å². The zero-order valence-electron chi connectivity index (χ0n) is 24.6. The predicted octanol–water partition coefficient (Wildman–Crippen LogP) is 3.13. The number of para-hydroxylation sites is 2. The van der Waals surface area contributed by atoms with Crippen molar-refractivity contribution in [3.8, 4) is 0 Å². The number of benzene rings is 2. The van der Waals surface area contributed by atoms with Gasteiger partial charge in [0.15, 0.2) is 9.84 Å². The molecule has 16 heteroatoms. The Balaban J connectivity index is 2.00. The molecule has 1 N–H and O–H groups in total. The number of carbonyl (C=O) groups is 3. The van der Waals surface area contributed by atoms with Crippen LogP contribution < -0.4 is 20.7 Å². The van der Waals surface area contributed by atoms with Crippen molar-refractivity contribution in [3.63, 3.8) is 0 Å². The number of likely N-dealkylation sites (N-methyl/N-ethyl adjacent to an activating group) is 1. The summed E-state index contributed by atoms with van der Waals surface area (Å²) in [4.78, 5) is 56.0. The Labute approximate surface area is 261 Å². The van der Waals surface area contributed by atoms with Crippen molar-refractivity contribution < 1.29 is 40.4 Å². The molecule has 0 bridgehead atoms. The molecule has 4 rings (SSSR count). The molecule has 2 aromatic carbocycles. The largest absolute Gasteiger partial charge is 0.471 e. The van der Waals surface area contributed by atoms with Crippen molar-refractivity contribution in [1.29, 1.82) is 0 Å². The Morgan fingerprint density at radius 2 is 1.76 bits per heavy atom. The first-order chi connectivity index (χ1) is 20.9. The Kier molecular flexibility index (Phi) is 9.66. The Bertz CT molecular complexity index is 1820. The molecule has 45 heavy (non-hydrogen) atoms. The molecule has 3 amide bonds. The maximum atomic E-state index is 14.6. The molecule has 1 aliphatic heterocycles. The summed E-state index contributed by atoms with van der Waals surface area (Å²) >= 11 is 6.07. The van der Waals surface area contributed by atoms with E-state index in [1.807, 2.05) is 0 Å². The summed E-state index contributed by atoms with van der Waals surface area (Å²) in [6.07, 6.45) is -4.58. The number of nitrogens with one attached hydrogen (secondary N) is 1. The summed E-state index contributed by atoms with van der Waals surface area (Å²) in [5, 5.41) is 3.38. The lowest BCUT2D eigenvalue weighted by atomic mass is 10.0. The van der Waals surface area contributed by atoms with Gasteiger partial charge in [0.2, 0.25) is 5.91 Å². The molecule has 1 aromatic heterocycles. The van der Waals surface area contributed by atoms with E-state index in [0.29, 0.717) is 10.3 Å². The van der Waals surface area contributed by atoms with Crippen molar-refractivity contribution in [1.82, 2.24) is 10.2 Å². The second-order valence-electron chi connectivity index (χ2n) is 10.8. The number of rotatable bonds is 8. The van der Waals surface area contributed by atoms with Crippen LogP contribution in [0.25, 0.3) is 11.0 Å². The standard InChI is InChI=1S/C29H30ClF3N4O7S/c1-16(34-3)13-36(28(41)29(31,32)33)26-17(2)37(24(38)15-45(4,42)43)22-8-6-5-7-21(22)35(27(26)40)14-18-11-25(39)44-23-12-19(30)9-10-20(18)23/h5-12,16-17,26,34H,13-15H2,1-4H3/t16-,17-,26-/m0/s1. The zero-order chi connectivity index (χ0) is 33.4. The number of amides is 3. The minimum absolute atomic E-state index is 0.0193. The maximum Gasteiger partial charge on any atom is 0.471 e. The molecule has 11 nitrogen and oxygen atoms in total. The zero-order valence-corrected chi connectivity index (χ0v) is 26.2. The SMILES string of the molecule is CN[C@@H](C)CN(C(=O)C(F)(F)F)[C@@H]1C(=O)N(Cc2cc(=O)oc3cc(Cl)ccc23)c2ccccc2N(C(=O)CS(C)(=O)=O)[C@H]1C. The first-order valence-corrected chi connectivity index (χ1v) is 16.0. The van der Waals surface area contributed by atoms with Crippen LogP contribution in [0.5, 0.6) is 0 Å². The highest BCUT2D eigenvalue weighted by Crippen LogP contribution is 2.39. The van der Waals surface area contributed by atoms with Gasteiger partial charge in [0.1, 0.15) is 17.4 Å². The molecule has 0 saturated heterocycles. The number of hydrogen-bond acceptors (Lipinski definition) is 8. The molecule has 0 unspecified atom stereocenters. The second-order valence-corrected chi connectivity index (χ2v) is 13.4. The normalized spacial score (nSPS) is 18.0. The van der Waals surface area contributed by atoms with Crippen LogP contribution in [0.2, 0.25) is 5.02 Å². The first-order valence-electron chi connectivity index (χ1n) is 13.6. The summed E-state index contributed by atoms with van der Waals surface area (Å²) in [6, 6.07) is 7.29. The van der Waals surface area contributed by atoms with Crippen LogP contribution in [0.15, 0.2) is 57.7 Å². The van der Waals surface area contributed by atoms with Gasteiger partial charge >= 0.3 is 17.7 Å². The third kappa shape index (κ3) is 7.31. The molecule has 0 aliphatic carbocycles. The van der Waals surface area contributed by atoms with Crippen LogP contribution in [-0.2, 0) is 30.8 Å². The van der Waals surface area contributed by atoms with E-state index in [2.05, 4.69) is 5.32 Å². The summed E-state index contributed by atoms with van der Waals surface area (Å²) in [6.45, 7) is 1.79. The lowest BCUT2D eigenvalue weighted by molar-refractivity contribution is -0.189. The molecule has 0 radical (unpaired) electrons. The molecule has 0 fully saturated rings. The number of alkyl halides is 3. The Hall–Kier alpha value is -3.95. The average molecular weight is 671 g/mol. The molecule has 242 valence electrons. The van der Waals surface area contributed by atoms with Crippen LogP contribution in [0.1, 0.15) is 19.4 Å². The minimum atomic E-state index is -5.40. The monoisotopic (exact) mass is 670 g/mol. The number of halogens is 4. The third-order valence-electron chi connectivity index (χ3n) is 7.39. The van der Waals surface area contributed by atoms with E-state index in [1.54, 1.807) is 6.07 Å². The Morgan fingerprint density at radius 3 is 2.36 bits per heavy atom. The number of sulfone groups is 1. The van der Waals surface area contributed by atoms with Crippen molar-refractivity contribution in [3.05, 3.63) is 69.5 Å². The summed E-state index contributed by atoms with van der Waals surface area (Å²) < 4.78 is 71.8. The molecule has 3 aromatic rings. The predicted molar refractivity (Wildman–Crippen MR) is 162 cm³/mol. The summed E-state index contributed by atoms with van der Waals surface area (Å²) in [7, 11) is -2.48. The van der Waals surface area contributed by atoms with Crippen molar-refractivity contribution in [2.75, 3.05) is 35.4 Å². The number of carbonyl (C=O) groups excluding carboxylic acids is 3. The van der Waals surface area contributed by atoms with Gasteiger partial charge in [0, 0.05) is 41.4 Å². The number of hydrogen-bond donors (Lipinski definition) is 1. The van der Waals surface area contributed by atoms with Gasteiger partial charge in [-0.2, -0.15) is 13.2 Å².